The summed E-state index contributed by atoms with van der Waals surface area (Å²) in [5.41, 5.74) is 21.5. The van der Waals surface area contributed by atoms with Crippen LogP contribution in [0.4, 0.5) is 0 Å². The maximum Gasteiger partial charge on any atom is 0.00482 e. The molecule has 0 bridgehead atoms. The van der Waals surface area contributed by atoms with Gasteiger partial charge in [0.25, 0.3) is 0 Å². The summed E-state index contributed by atoms with van der Waals surface area (Å²) in [6, 6.07) is 0.324. The van der Waals surface area contributed by atoms with Gasteiger partial charge in [0.15, 0.2) is 0 Å². The monoisotopic (exact) mass is 204 g/mol. The van der Waals surface area contributed by atoms with Crippen LogP contribution in [0.1, 0.15) is 33.6 Å². The van der Waals surface area contributed by atoms with Crippen LogP contribution in [0.5, 0.6) is 0 Å². The molecule has 0 radical (unpaired) electrons. The van der Waals surface area contributed by atoms with Crippen molar-refractivity contribution in [2.75, 3.05) is 19.6 Å². The molecule has 8 N–H and O–H groups in total. The Kier molecular flexibility index (Phi) is 10.9. The summed E-state index contributed by atoms with van der Waals surface area (Å²) < 4.78 is 0. The number of hydrogen-bond acceptors (Lipinski definition) is 4. The molecule has 0 aliphatic heterocycles. The zero-order valence-corrected chi connectivity index (χ0v) is 9.92. The Morgan fingerprint density at radius 2 is 1.50 bits per heavy atom. The van der Waals surface area contributed by atoms with E-state index in [4.69, 9.17) is 22.9 Å². The number of rotatable bonds is 5. The molecule has 0 aliphatic carbocycles. The van der Waals surface area contributed by atoms with Crippen LogP contribution in [-0.2, 0) is 0 Å². The van der Waals surface area contributed by atoms with Gasteiger partial charge >= 0.3 is 0 Å². The Morgan fingerprint density at radius 1 is 1.07 bits per heavy atom. The van der Waals surface area contributed by atoms with E-state index in [-0.39, 0.29) is 5.41 Å². The van der Waals surface area contributed by atoms with E-state index in [1.807, 2.05) is 13.8 Å². The van der Waals surface area contributed by atoms with E-state index in [1.165, 1.54) is 0 Å². The van der Waals surface area contributed by atoms with Gasteiger partial charge in [0.1, 0.15) is 0 Å². The van der Waals surface area contributed by atoms with Gasteiger partial charge in [-0.05, 0) is 37.9 Å². The standard InChI is InChI=1S/2C5H14N2/c1-5(2,3-6)4-7;1-2-5(7)3-4-6/h3-4,6-7H2,1-2H3;5H,2-4,6-7H2,1H3. The minimum atomic E-state index is 0.139. The first-order valence-electron chi connectivity index (χ1n) is 5.29. The summed E-state index contributed by atoms with van der Waals surface area (Å²) in [5.74, 6) is 0. The fourth-order valence-electron chi connectivity index (χ4n) is 0.502. The highest BCUT2D eigenvalue weighted by molar-refractivity contribution is 4.68. The summed E-state index contributed by atoms with van der Waals surface area (Å²) in [6.45, 7) is 8.22. The third kappa shape index (κ3) is 11.8. The van der Waals surface area contributed by atoms with Crippen LogP contribution in [0.15, 0.2) is 0 Å². The Labute approximate surface area is 88.4 Å². The van der Waals surface area contributed by atoms with Gasteiger partial charge in [-0.3, -0.25) is 0 Å². The molecule has 0 amide bonds. The van der Waals surface area contributed by atoms with Crippen LogP contribution >= 0.6 is 0 Å². The molecule has 0 saturated carbocycles. The van der Waals surface area contributed by atoms with Gasteiger partial charge in [0, 0.05) is 6.04 Å². The maximum atomic E-state index is 5.50. The highest BCUT2D eigenvalue weighted by Crippen LogP contribution is 2.07. The fourth-order valence-corrected chi connectivity index (χ4v) is 0.502. The minimum Gasteiger partial charge on any atom is -0.330 e. The third-order valence-corrected chi connectivity index (χ3v) is 2.17. The predicted octanol–water partition coefficient (Wildman–Crippen LogP) is 0.00250. The third-order valence-electron chi connectivity index (χ3n) is 2.17. The first kappa shape index (κ1) is 16.3. The second-order valence-electron chi connectivity index (χ2n) is 4.32. The van der Waals surface area contributed by atoms with E-state index in [0.29, 0.717) is 19.1 Å². The molecule has 1 atom stereocenters. The molecule has 4 heteroatoms. The molecular weight excluding hydrogens is 176 g/mol. The average molecular weight is 204 g/mol. The van der Waals surface area contributed by atoms with Gasteiger partial charge in [0.05, 0.1) is 0 Å². The van der Waals surface area contributed by atoms with Crippen molar-refractivity contribution in [3.05, 3.63) is 0 Å². The van der Waals surface area contributed by atoms with Crippen LogP contribution in [-0.4, -0.2) is 25.7 Å². The normalized spacial score (nSPS) is 13.1. The van der Waals surface area contributed by atoms with E-state index in [1.54, 1.807) is 0 Å². The van der Waals surface area contributed by atoms with Crippen LogP contribution < -0.4 is 22.9 Å². The molecule has 0 aromatic heterocycles. The van der Waals surface area contributed by atoms with Crippen LogP contribution in [0.25, 0.3) is 0 Å². The Hall–Kier alpha value is -0.160. The van der Waals surface area contributed by atoms with E-state index in [0.717, 1.165) is 19.4 Å². The highest BCUT2D eigenvalue weighted by Gasteiger charge is 2.10. The molecule has 4 nitrogen and oxygen atoms in total. The predicted molar refractivity (Wildman–Crippen MR) is 63.8 cm³/mol. The average Bonchev–Trinajstić information content (AvgIpc) is 2.19. The van der Waals surface area contributed by atoms with Crippen LogP contribution in [0.2, 0.25) is 0 Å². The van der Waals surface area contributed by atoms with E-state index >= 15 is 0 Å². The topological polar surface area (TPSA) is 104 Å². The van der Waals surface area contributed by atoms with Crippen molar-refractivity contribution < 1.29 is 0 Å². The summed E-state index contributed by atoms with van der Waals surface area (Å²) in [6.07, 6.45) is 1.99. The molecule has 0 spiro atoms. The van der Waals surface area contributed by atoms with Gasteiger partial charge in [-0.15, -0.1) is 0 Å². The summed E-state index contributed by atoms with van der Waals surface area (Å²) in [4.78, 5) is 0. The van der Waals surface area contributed by atoms with Crippen LogP contribution in [0, 0.1) is 5.41 Å². The van der Waals surface area contributed by atoms with Crippen molar-refractivity contribution in [3.8, 4) is 0 Å². The Bertz CT molecular complexity index is 109. The Morgan fingerprint density at radius 3 is 1.57 bits per heavy atom. The van der Waals surface area contributed by atoms with E-state index in [9.17, 15) is 0 Å². The zero-order chi connectivity index (χ0) is 11.6. The summed E-state index contributed by atoms with van der Waals surface area (Å²) in [5, 5.41) is 0. The molecule has 0 fully saturated rings. The van der Waals surface area contributed by atoms with Crippen molar-refractivity contribution in [1.29, 1.82) is 0 Å². The first-order chi connectivity index (χ1) is 6.43. The smallest absolute Gasteiger partial charge is 0.00482 e. The Balaban J connectivity index is 0. The molecule has 0 heterocycles. The van der Waals surface area contributed by atoms with Gasteiger partial charge in [-0.2, -0.15) is 0 Å². The van der Waals surface area contributed by atoms with E-state index in [2.05, 4.69) is 6.92 Å². The molecule has 0 aromatic rings. The van der Waals surface area contributed by atoms with Crippen LogP contribution in [0.3, 0.4) is 0 Å². The number of hydrogen-bond donors (Lipinski definition) is 4. The van der Waals surface area contributed by atoms with E-state index < -0.39 is 0 Å². The number of nitrogens with two attached hydrogens (primary N) is 4. The summed E-state index contributed by atoms with van der Waals surface area (Å²) >= 11 is 0. The fraction of sp³-hybridized carbons (Fsp3) is 1.00. The van der Waals surface area contributed by atoms with Gasteiger partial charge in [0.2, 0.25) is 0 Å². The molecule has 88 valence electrons. The lowest BCUT2D eigenvalue weighted by Gasteiger charge is -2.18. The molecule has 0 aromatic carbocycles. The lowest BCUT2D eigenvalue weighted by molar-refractivity contribution is 0.393. The van der Waals surface area contributed by atoms with Crippen molar-refractivity contribution in [3.63, 3.8) is 0 Å². The van der Waals surface area contributed by atoms with Gasteiger partial charge < -0.3 is 22.9 Å². The minimum absolute atomic E-state index is 0.139. The van der Waals surface area contributed by atoms with Crippen molar-refractivity contribution in [2.45, 2.75) is 39.7 Å². The van der Waals surface area contributed by atoms with Crippen molar-refractivity contribution in [1.82, 2.24) is 0 Å². The lowest BCUT2D eigenvalue weighted by Crippen LogP contribution is -2.31. The lowest BCUT2D eigenvalue weighted by atomic mass is 9.95. The molecule has 1 unspecified atom stereocenters. The highest BCUT2D eigenvalue weighted by atomic mass is 14.7. The quantitative estimate of drug-likeness (QED) is 0.506. The molecule has 14 heavy (non-hydrogen) atoms. The maximum absolute atomic E-state index is 5.50. The summed E-state index contributed by atoms with van der Waals surface area (Å²) in [7, 11) is 0. The molecule has 0 rings (SSSR count). The zero-order valence-electron chi connectivity index (χ0n) is 9.92. The van der Waals surface area contributed by atoms with Gasteiger partial charge in [-0.25, -0.2) is 0 Å². The molecular formula is C10H28N4. The first-order valence-corrected chi connectivity index (χ1v) is 5.29. The largest absolute Gasteiger partial charge is 0.330 e. The second-order valence-corrected chi connectivity index (χ2v) is 4.32. The SMILES string of the molecule is CC(C)(CN)CN.CCC(N)CCN. The van der Waals surface area contributed by atoms with Crippen molar-refractivity contribution >= 4 is 0 Å². The molecule has 0 saturated heterocycles. The second kappa shape index (κ2) is 9.40. The molecule has 0 aliphatic rings. The van der Waals surface area contributed by atoms with Crippen molar-refractivity contribution in [2.24, 2.45) is 28.3 Å². The van der Waals surface area contributed by atoms with Gasteiger partial charge in [-0.1, -0.05) is 20.8 Å².